The Morgan fingerprint density at radius 2 is 2.08 bits per heavy atom. The molecule has 40 heavy (non-hydrogen) atoms. The van der Waals surface area contributed by atoms with E-state index in [1.54, 1.807) is 0 Å². The molecule has 218 valence electrons. The second-order valence-electron chi connectivity index (χ2n) is 9.10. The topological polar surface area (TPSA) is 270 Å². The number of unbranched alkanes of at least 4 members (excludes halogenated alkanes) is 1. The molecule has 0 bridgehead atoms. The van der Waals surface area contributed by atoms with Gasteiger partial charge in [-0.1, -0.05) is 5.16 Å². The highest BCUT2D eigenvalue weighted by Crippen LogP contribution is 2.40. The van der Waals surface area contributed by atoms with E-state index in [0.717, 1.165) is 29.0 Å². The smallest absolute Gasteiger partial charge is 0.362 e. The molecule has 8 N–H and O–H groups in total. The number of carboxylic acid groups (broad SMARTS) is 1. The van der Waals surface area contributed by atoms with Gasteiger partial charge >= 0.3 is 16.3 Å². The van der Waals surface area contributed by atoms with Crippen molar-refractivity contribution in [2.45, 2.75) is 56.5 Å². The molecule has 2 aromatic heterocycles. The van der Waals surface area contributed by atoms with Gasteiger partial charge in [-0.15, -0.1) is 11.3 Å². The highest BCUT2D eigenvalue weighted by Gasteiger charge is 2.56. The van der Waals surface area contributed by atoms with Crippen molar-refractivity contribution in [3.05, 3.63) is 23.0 Å². The molecular formula is C20H28N10O8S2. The fourth-order valence-corrected chi connectivity index (χ4v) is 5.24. The molecule has 2 aromatic rings. The van der Waals surface area contributed by atoms with Crippen LogP contribution in [-0.4, -0.2) is 96.6 Å². The van der Waals surface area contributed by atoms with Gasteiger partial charge in [0.15, 0.2) is 10.8 Å². The van der Waals surface area contributed by atoms with E-state index in [2.05, 4.69) is 31.0 Å². The first-order chi connectivity index (χ1) is 18.9. The maximum atomic E-state index is 13.2. The third-order valence-electron chi connectivity index (χ3n) is 6.14. The van der Waals surface area contributed by atoms with Crippen molar-refractivity contribution in [3.8, 4) is 0 Å². The predicted molar refractivity (Wildman–Crippen MR) is 138 cm³/mol. The lowest BCUT2D eigenvalue weighted by atomic mass is 9.98. The van der Waals surface area contributed by atoms with Gasteiger partial charge in [0.2, 0.25) is 5.60 Å². The largest absolute Gasteiger partial charge is 0.478 e. The van der Waals surface area contributed by atoms with Crippen molar-refractivity contribution >= 4 is 50.3 Å². The van der Waals surface area contributed by atoms with E-state index < -0.39 is 51.5 Å². The van der Waals surface area contributed by atoms with Crippen LogP contribution in [-0.2, 0) is 42.6 Å². The Morgan fingerprint density at radius 1 is 1.32 bits per heavy atom. The van der Waals surface area contributed by atoms with Crippen molar-refractivity contribution in [1.82, 2.24) is 34.9 Å². The Balaban J connectivity index is 1.49. The Hall–Kier alpha value is -3.72. The Morgan fingerprint density at radius 3 is 2.67 bits per heavy atom. The molecule has 2 atom stereocenters. The lowest BCUT2D eigenvalue weighted by Crippen LogP contribution is -2.73. The van der Waals surface area contributed by atoms with Crippen LogP contribution in [0.2, 0.25) is 0 Å². The van der Waals surface area contributed by atoms with Gasteiger partial charge in [-0.05, 0) is 25.9 Å². The summed E-state index contributed by atoms with van der Waals surface area (Å²) in [4.78, 5) is 47.5. The maximum Gasteiger partial charge on any atom is 0.362 e. The fourth-order valence-electron chi connectivity index (χ4n) is 3.82. The average molecular weight is 601 g/mol. The summed E-state index contributed by atoms with van der Waals surface area (Å²) in [6.45, 7) is 1.38. The fraction of sp³-hybridized carbons (Fsp3) is 0.550. The van der Waals surface area contributed by atoms with Gasteiger partial charge < -0.3 is 32.0 Å². The van der Waals surface area contributed by atoms with Crippen LogP contribution >= 0.6 is 11.3 Å². The number of aromatic nitrogens is 4. The minimum Gasteiger partial charge on any atom is -0.478 e. The van der Waals surface area contributed by atoms with Crippen LogP contribution in [0, 0.1) is 0 Å². The monoisotopic (exact) mass is 600 g/mol. The summed E-state index contributed by atoms with van der Waals surface area (Å²) in [5.74, 6) is -3.39. The molecule has 0 spiro atoms. The SMILES string of the molecule is NCCCCNCc1cnn(CC2C(NC(=O)/C(=N\OC3(C(=O)O)CC3)c3csc(N)n3)C(=O)N2S(=O)(=O)O)n1. The number of oxime groups is 1. The number of hydrogen-bond donors (Lipinski definition) is 6. The van der Waals surface area contributed by atoms with Crippen molar-refractivity contribution in [1.29, 1.82) is 0 Å². The third-order valence-corrected chi connectivity index (χ3v) is 7.76. The lowest BCUT2D eigenvalue weighted by molar-refractivity contribution is -0.153. The number of hydrogen-bond acceptors (Lipinski definition) is 14. The molecular weight excluding hydrogens is 572 g/mol. The molecule has 2 amide bonds. The molecule has 0 aromatic carbocycles. The van der Waals surface area contributed by atoms with Gasteiger partial charge in [0.05, 0.1) is 18.4 Å². The molecule has 1 aliphatic carbocycles. The van der Waals surface area contributed by atoms with Crippen LogP contribution in [0.1, 0.15) is 37.1 Å². The van der Waals surface area contributed by atoms with E-state index in [1.807, 2.05) is 0 Å². The van der Waals surface area contributed by atoms with Gasteiger partial charge in [-0.2, -0.15) is 23.4 Å². The summed E-state index contributed by atoms with van der Waals surface area (Å²) in [6, 6.07) is -2.73. The average Bonchev–Trinajstić information content (AvgIpc) is 3.36. The molecule has 0 radical (unpaired) electrons. The molecule has 3 heterocycles. The zero-order chi connectivity index (χ0) is 29.1. The van der Waals surface area contributed by atoms with Crippen molar-refractivity contribution in [2.75, 3.05) is 18.8 Å². The van der Waals surface area contributed by atoms with E-state index in [9.17, 15) is 32.5 Å². The summed E-state index contributed by atoms with van der Waals surface area (Å²) in [7, 11) is -4.98. The number of carbonyl (C=O) groups is 3. The number of nitrogens with zero attached hydrogens (tertiary/aromatic N) is 6. The molecule has 2 aliphatic rings. The normalized spacial score (nSPS) is 20.2. The highest BCUT2D eigenvalue weighted by molar-refractivity contribution is 7.84. The summed E-state index contributed by atoms with van der Waals surface area (Å²) >= 11 is 0.978. The van der Waals surface area contributed by atoms with E-state index in [4.69, 9.17) is 16.3 Å². The quantitative estimate of drug-likeness (QED) is 0.0412. The first kappa shape index (κ1) is 29.3. The molecule has 1 saturated carbocycles. The van der Waals surface area contributed by atoms with Gasteiger partial charge in [0, 0.05) is 24.8 Å². The second kappa shape index (κ2) is 11.8. The van der Waals surface area contributed by atoms with E-state index in [-0.39, 0.29) is 34.5 Å². The minimum absolute atomic E-state index is 0.0477. The highest BCUT2D eigenvalue weighted by atomic mass is 32.2. The van der Waals surface area contributed by atoms with Crippen LogP contribution in [0.3, 0.4) is 0 Å². The summed E-state index contributed by atoms with van der Waals surface area (Å²) < 4.78 is 33.6. The molecule has 4 rings (SSSR count). The van der Waals surface area contributed by atoms with E-state index in [0.29, 0.717) is 25.3 Å². The minimum atomic E-state index is -4.98. The van der Waals surface area contributed by atoms with Gasteiger partial charge in [-0.3, -0.25) is 14.1 Å². The molecule has 1 saturated heterocycles. The molecule has 1 aliphatic heterocycles. The number of aliphatic carboxylic acids is 1. The number of carboxylic acids is 1. The Kier molecular flexibility index (Phi) is 8.63. The van der Waals surface area contributed by atoms with Crippen LogP contribution in [0.15, 0.2) is 16.7 Å². The number of thiazole rings is 1. The molecule has 2 unspecified atom stereocenters. The number of amides is 2. The van der Waals surface area contributed by atoms with Crippen LogP contribution in [0.4, 0.5) is 5.13 Å². The summed E-state index contributed by atoms with van der Waals surface area (Å²) in [5.41, 5.74) is 9.56. The number of nitrogens with one attached hydrogen (secondary N) is 2. The number of β-lactam (4-membered cyclic amide) rings is 1. The standard InChI is InChI=1S/C20H28N10O8S2/c21-5-1-2-6-23-7-11-8-24-29(27-11)9-13-15(17(32)30(13)40(35,36)37)26-16(31)14(12-10-39-19(22)25-12)28-38-20(3-4-20)18(33)34/h8,10,13,15,23H,1-7,9,21H2,(H2,22,25)(H,26,31)(H,33,34)(H,35,36,37)/b28-14-. The molecule has 2 fully saturated rings. The first-order valence-corrected chi connectivity index (χ1v) is 14.3. The Labute approximate surface area is 231 Å². The lowest BCUT2D eigenvalue weighted by Gasteiger charge is -2.43. The van der Waals surface area contributed by atoms with Gasteiger partial charge in [0.1, 0.15) is 17.8 Å². The van der Waals surface area contributed by atoms with E-state index >= 15 is 0 Å². The molecule has 18 nitrogen and oxygen atoms in total. The zero-order valence-corrected chi connectivity index (χ0v) is 22.6. The maximum absolute atomic E-state index is 13.2. The van der Waals surface area contributed by atoms with Crippen molar-refractivity contribution < 1.29 is 37.3 Å². The number of nitrogen functional groups attached to an aromatic ring is 1. The number of rotatable bonds is 15. The van der Waals surface area contributed by atoms with Crippen molar-refractivity contribution in [2.24, 2.45) is 10.9 Å². The first-order valence-electron chi connectivity index (χ1n) is 12.1. The number of nitrogens with two attached hydrogens (primary N) is 2. The third kappa shape index (κ3) is 6.53. The van der Waals surface area contributed by atoms with Crippen LogP contribution in [0.25, 0.3) is 0 Å². The van der Waals surface area contributed by atoms with Crippen LogP contribution in [0.5, 0.6) is 0 Å². The van der Waals surface area contributed by atoms with E-state index in [1.165, 1.54) is 11.6 Å². The summed E-state index contributed by atoms with van der Waals surface area (Å²) in [6.07, 6.45) is 3.54. The predicted octanol–water partition coefficient (Wildman–Crippen LogP) is -2.32. The zero-order valence-electron chi connectivity index (χ0n) is 21.0. The number of anilines is 1. The van der Waals surface area contributed by atoms with Crippen LogP contribution < -0.4 is 22.1 Å². The molecule has 20 heteroatoms. The Bertz CT molecular complexity index is 1400. The van der Waals surface area contributed by atoms with Gasteiger partial charge in [0.25, 0.3) is 11.8 Å². The van der Waals surface area contributed by atoms with Crippen molar-refractivity contribution in [3.63, 3.8) is 0 Å². The number of carbonyl (C=O) groups excluding carboxylic acids is 2. The second-order valence-corrected chi connectivity index (χ2v) is 11.3. The summed E-state index contributed by atoms with van der Waals surface area (Å²) in [5, 5.41) is 28.3. The van der Waals surface area contributed by atoms with Gasteiger partial charge in [-0.25, -0.2) is 14.1 Å².